The van der Waals surface area contributed by atoms with Crippen molar-refractivity contribution in [1.82, 2.24) is 4.98 Å². The number of aromatic nitrogens is 1. The van der Waals surface area contributed by atoms with Gasteiger partial charge in [-0.3, -0.25) is 0 Å². The number of ether oxygens (including phenoxy) is 2. The molecule has 1 atom stereocenters. The molecule has 3 rings (SSSR count). The van der Waals surface area contributed by atoms with Gasteiger partial charge < -0.3 is 9.47 Å². The highest BCUT2D eigenvalue weighted by Gasteiger charge is 2.17. The molecular weight excluding hydrogens is 320 g/mol. The van der Waals surface area contributed by atoms with Crippen molar-refractivity contribution in [3.8, 4) is 5.75 Å². The van der Waals surface area contributed by atoms with Gasteiger partial charge in [-0.15, -0.1) is 0 Å². The van der Waals surface area contributed by atoms with Crippen molar-refractivity contribution in [3.63, 3.8) is 0 Å². The first-order valence-corrected chi connectivity index (χ1v) is 7.79. The maximum absolute atomic E-state index is 12.3. The largest absolute Gasteiger partial charge is 0.484 e. The first-order valence-electron chi connectivity index (χ1n) is 7.79. The summed E-state index contributed by atoms with van der Waals surface area (Å²) in [4.78, 5) is 19.7. The Morgan fingerprint density at radius 1 is 1.24 bits per heavy atom. The average molecular weight is 336 g/mol. The smallest absolute Gasteiger partial charge is 0.339 e. The lowest BCUT2D eigenvalue weighted by atomic mass is 10.0. The maximum atomic E-state index is 12.3. The van der Waals surface area contributed by atoms with E-state index in [0.717, 1.165) is 5.39 Å². The highest BCUT2D eigenvalue weighted by atomic mass is 16.5. The number of azide groups is 1. The second-order valence-corrected chi connectivity index (χ2v) is 5.36. The normalized spacial score (nSPS) is 11.8. The Hall–Kier alpha value is -3.31. The fourth-order valence-electron chi connectivity index (χ4n) is 2.67. The van der Waals surface area contributed by atoms with Gasteiger partial charge >= 0.3 is 5.97 Å². The number of rotatable bonds is 5. The molecule has 0 fully saturated rings. The molecule has 0 aliphatic heterocycles. The van der Waals surface area contributed by atoms with Gasteiger partial charge in [-0.1, -0.05) is 25.1 Å². The number of carbonyl (C=O) groups is 1. The number of hydrogen-bond donors (Lipinski definition) is 0. The summed E-state index contributed by atoms with van der Waals surface area (Å²) >= 11 is 0. The molecule has 0 amide bonds. The molecule has 0 aliphatic rings. The van der Waals surface area contributed by atoms with E-state index in [1.807, 2.05) is 31.2 Å². The average Bonchev–Trinajstić information content (AvgIpc) is 2.65. The summed E-state index contributed by atoms with van der Waals surface area (Å²) in [7, 11) is 1.35. The quantitative estimate of drug-likeness (QED) is 0.223. The van der Waals surface area contributed by atoms with E-state index in [2.05, 4.69) is 15.0 Å². The molecule has 0 aliphatic carbocycles. The third kappa shape index (κ3) is 3.18. The topological polar surface area (TPSA) is 97.2 Å². The first kappa shape index (κ1) is 16.5. The number of para-hydroxylation sites is 1. The predicted molar refractivity (Wildman–Crippen MR) is 94.4 cm³/mol. The highest BCUT2D eigenvalue weighted by Crippen LogP contribution is 2.29. The van der Waals surface area contributed by atoms with Crippen LogP contribution in [-0.2, 0) is 4.74 Å². The summed E-state index contributed by atoms with van der Waals surface area (Å²) in [6, 6.07) is 12.6. The summed E-state index contributed by atoms with van der Waals surface area (Å²) in [5.41, 5.74) is 10.3. The molecule has 0 saturated heterocycles. The molecule has 0 N–H and O–H groups in total. The fourth-order valence-corrected chi connectivity index (χ4v) is 2.67. The number of carbonyl (C=O) groups excluding carboxylic acids is 1. The minimum atomic E-state index is -0.594. The number of methoxy groups -OCH3 is 1. The monoisotopic (exact) mass is 336 g/mol. The van der Waals surface area contributed by atoms with Gasteiger partial charge in [-0.2, -0.15) is 0 Å². The Kier molecular flexibility index (Phi) is 4.68. The van der Waals surface area contributed by atoms with Crippen LogP contribution in [0.2, 0.25) is 0 Å². The summed E-state index contributed by atoms with van der Waals surface area (Å²) in [5.74, 6) is 0.100. The number of nitrogens with zero attached hydrogens (tertiary/aromatic N) is 4. The standard InChI is InChI=1S/C18H16N4O3/c1-3-16(21-22-19)25-11-8-9-13-15(10-11)20-14-7-5-4-6-12(14)17(13)18(23)24-2/h4-10,16H,3H2,1-2H3. The van der Waals surface area contributed by atoms with E-state index in [9.17, 15) is 4.79 Å². The van der Waals surface area contributed by atoms with Crippen LogP contribution in [0.5, 0.6) is 5.75 Å². The van der Waals surface area contributed by atoms with E-state index in [1.54, 1.807) is 18.2 Å². The lowest BCUT2D eigenvalue weighted by Crippen LogP contribution is -2.11. The van der Waals surface area contributed by atoms with Crippen LogP contribution >= 0.6 is 0 Å². The van der Waals surface area contributed by atoms with Gasteiger partial charge in [0, 0.05) is 21.8 Å². The van der Waals surface area contributed by atoms with Gasteiger partial charge in [-0.25, -0.2) is 9.78 Å². The molecule has 0 radical (unpaired) electrons. The molecule has 1 heterocycles. The summed E-state index contributed by atoms with van der Waals surface area (Å²) < 4.78 is 10.6. The Bertz CT molecular complexity index is 996. The van der Waals surface area contributed by atoms with E-state index < -0.39 is 12.2 Å². The second kappa shape index (κ2) is 7.07. The van der Waals surface area contributed by atoms with Crippen molar-refractivity contribution >= 4 is 27.8 Å². The SMILES string of the molecule is CCC(N=[N+]=[N-])Oc1ccc2c(C(=O)OC)c3ccccc3nc2c1. The minimum absolute atomic E-state index is 0.419. The maximum Gasteiger partial charge on any atom is 0.339 e. The molecule has 3 aromatic rings. The molecule has 126 valence electrons. The van der Waals surface area contributed by atoms with Crippen LogP contribution < -0.4 is 4.74 Å². The number of hydrogen-bond acceptors (Lipinski definition) is 5. The zero-order chi connectivity index (χ0) is 17.8. The zero-order valence-corrected chi connectivity index (χ0v) is 13.8. The first-order chi connectivity index (χ1) is 12.2. The minimum Gasteiger partial charge on any atom is -0.484 e. The summed E-state index contributed by atoms with van der Waals surface area (Å²) in [6.07, 6.45) is -0.0521. The van der Waals surface area contributed by atoms with Gasteiger partial charge in [0.15, 0.2) is 6.23 Å². The lowest BCUT2D eigenvalue weighted by Gasteiger charge is -2.14. The molecule has 2 aromatic carbocycles. The van der Waals surface area contributed by atoms with E-state index in [4.69, 9.17) is 15.0 Å². The van der Waals surface area contributed by atoms with Gasteiger partial charge in [0.25, 0.3) is 0 Å². The van der Waals surface area contributed by atoms with Crippen molar-refractivity contribution in [2.75, 3.05) is 7.11 Å². The molecule has 7 nitrogen and oxygen atoms in total. The fraction of sp³-hybridized carbons (Fsp3) is 0.222. The van der Waals surface area contributed by atoms with Crippen LogP contribution in [-0.4, -0.2) is 24.3 Å². The third-order valence-electron chi connectivity index (χ3n) is 3.84. The van der Waals surface area contributed by atoms with E-state index in [0.29, 0.717) is 34.2 Å². The molecule has 1 aromatic heterocycles. The van der Waals surface area contributed by atoms with E-state index >= 15 is 0 Å². The molecule has 7 heteroatoms. The molecule has 1 unspecified atom stereocenters. The Morgan fingerprint density at radius 2 is 2.00 bits per heavy atom. The Balaban J connectivity index is 2.18. The van der Waals surface area contributed by atoms with Gasteiger partial charge in [0.05, 0.1) is 23.7 Å². The molecule has 0 bridgehead atoms. The van der Waals surface area contributed by atoms with Gasteiger partial charge in [-0.05, 0) is 35.3 Å². The number of benzene rings is 2. The molecule has 0 saturated carbocycles. The van der Waals surface area contributed by atoms with Crippen LogP contribution in [0, 0.1) is 0 Å². The number of pyridine rings is 1. The van der Waals surface area contributed by atoms with E-state index in [1.165, 1.54) is 7.11 Å². The summed E-state index contributed by atoms with van der Waals surface area (Å²) in [6.45, 7) is 1.86. The zero-order valence-electron chi connectivity index (χ0n) is 13.8. The van der Waals surface area contributed by atoms with Gasteiger partial charge in [0.2, 0.25) is 0 Å². The van der Waals surface area contributed by atoms with E-state index in [-0.39, 0.29) is 0 Å². The predicted octanol–water partition coefficient (Wildman–Crippen LogP) is 4.60. The lowest BCUT2D eigenvalue weighted by molar-refractivity contribution is 0.0605. The Labute approximate surface area is 143 Å². The Morgan fingerprint density at radius 3 is 2.72 bits per heavy atom. The van der Waals surface area contributed by atoms with Crippen molar-refractivity contribution in [3.05, 3.63) is 58.5 Å². The van der Waals surface area contributed by atoms with Crippen LogP contribution in [0.4, 0.5) is 0 Å². The van der Waals surface area contributed by atoms with Crippen LogP contribution in [0.25, 0.3) is 32.2 Å². The highest BCUT2D eigenvalue weighted by molar-refractivity contribution is 6.14. The number of esters is 1. The number of fused-ring (bicyclic) bond motifs is 2. The van der Waals surface area contributed by atoms with Crippen LogP contribution in [0.3, 0.4) is 0 Å². The molecular formula is C18H16N4O3. The van der Waals surface area contributed by atoms with Gasteiger partial charge in [0.1, 0.15) is 5.75 Å². The molecule has 0 spiro atoms. The van der Waals surface area contributed by atoms with Crippen molar-refractivity contribution in [2.45, 2.75) is 19.6 Å². The van der Waals surface area contributed by atoms with Crippen LogP contribution in [0.1, 0.15) is 23.7 Å². The molecule has 25 heavy (non-hydrogen) atoms. The summed E-state index contributed by atoms with van der Waals surface area (Å²) in [5, 5.41) is 5.00. The van der Waals surface area contributed by atoms with Crippen LogP contribution in [0.15, 0.2) is 47.6 Å². The second-order valence-electron chi connectivity index (χ2n) is 5.36. The van der Waals surface area contributed by atoms with Crippen molar-refractivity contribution in [1.29, 1.82) is 0 Å². The third-order valence-corrected chi connectivity index (χ3v) is 3.84. The van der Waals surface area contributed by atoms with Crippen molar-refractivity contribution < 1.29 is 14.3 Å². The van der Waals surface area contributed by atoms with Crippen molar-refractivity contribution in [2.24, 2.45) is 5.11 Å².